The molecule has 5 heteroatoms. The van der Waals surface area contributed by atoms with E-state index in [1.54, 1.807) is 32.0 Å². The second-order valence-corrected chi connectivity index (χ2v) is 6.67. The number of allylic oxidation sites excluding steroid dienone is 1. The van der Waals surface area contributed by atoms with Crippen molar-refractivity contribution in [3.63, 3.8) is 0 Å². The average molecular weight is 379 g/mol. The highest BCUT2D eigenvalue weighted by molar-refractivity contribution is 6.23. The molecule has 1 aliphatic rings. The zero-order chi connectivity index (χ0) is 20.4. The van der Waals surface area contributed by atoms with E-state index in [1.165, 1.54) is 17.0 Å². The van der Waals surface area contributed by atoms with Crippen LogP contribution >= 0.6 is 0 Å². The summed E-state index contributed by atoms with van der Waals surface area (Å²) in [7, 11) is 0. The van der Waals surface area contributed by atoms with Crippen molar-refractivity contribution in [1.82, 2.24) is 0 Å². The first-order valence-corrected chi connectivity index (χ1v) is 9.11. The molecule has 0 spiro atoms. The Morgan fingerprint density at radius 2 is 1.82 bits per heavy atom. The third-order valence-electron chi connectivity index (χ3n) is 4.83. The van der Waals surface area contributed by atoms with Gasteiger partial charge in [-0.25, -0.2) is 9.18 Å². The highest BCUT2D eigenvalue weighted by atomic mass is 19.1. The molecule has 0 radical (unpaired) electrons. The van der Waals surface area contributed by atoms with E-state index < -0.39 is 11.8 Å². The summed E-state index contributed by atoms with van der Waals surface area (Å²) < 4.78 is 19.3. The van der Waals surface area contributed by atoms with Crippen LogP contribution in [-0.2, 0) is 14.3 Å². The van der Waals surface area contributed by atoms with Gasteiger partial charge in [0.15, 0.2) is 0 Å². The van der Waals surface area contributed by atoms with Gasteiger partial charge >= 0.3 is 5.97 Å². The molecule has 1 heterocycles. The van der Waals surface area contributed by atoms with Crippen LogP contribution < -0.4 is 4.90 Å². The lowest BCUT2D eigenvalue weighted by Crippen LogP contribution is -2.24. The Morgan fingerprint density at radius 3 is 2.46 bits per heavy atom. The Labute approximate surface area is 163 Å². The summed E-state index contributed by atoms with van der Waals surface area (Å²) in [4.78, 5) is 27.3. The summed E-state index contributed by atoms with van der Waals surface area (Å²) >= 11 is 0. The monoisotopic (exact) mass is 379 g/mol. The topological polar surface area (TPSA) is 46.6 Å². The number of benzene rings is 2. The van der Waals surface area contributed by atoms with Gasteiger partial charge in [0.2, 0.25) is 0 Å². The quantitative estimate of drug-likeness (QED) is 0.571. The first kappa shape index (κ1) is 19.5. The SMILES string of the molecule is CCOC(=O)C1=C(C)N(c2ccc(C)c(C)c2)C(=O)/C1=C\c1ccccc1F. The van der Waals surface area contributed by atoms with Crippen LogP contribution in [0.15, 0.2) is 59.3 Å². The van der Waals surface area contributed by atoms with Gasteiger partial charge in [0.25, 0.3) is 5.91 Å². The van der Waals surface area contributed by atoms with Crippen molar-refractivity contribution in [3.8, 4) is 0 Å². The number of ether oxygens (including phenoxy) is 1. The van der Waals surface area contributed by atoms with E-state index in [4.69, 9.17) is 4.74 Å². The number of nitrogens with zero attached hydrogens (tertiary/aromatic N) is 1. The van der Waals surface area contributed by atoms with Crippen molar-refractivity contribution in [2.45, 2.75) is 27.7 Å². The molecule has 0 unspecified atom stereocenters. The molecule has 3 rings (SSSR count). The summed E-state index contributed by atoms with van der Waals surface area (Å²) in [5, 5.41) is 0. The van der Waals surface area contributed by atoms with Gasteiger partial charge in [-0.05, 0) is 63.1 Å². The molecule has 0 aliphatic carbocycles. The molecule has 0 aromatic heterocycles. The molecular formula is C23H22FNO3. The van der Waals surface area contributed by atoms with Crippen LogP contribution in [0.2, 0.25) is 0 Å². The van der Waals surface area contributed by atoms with Gasteiger partial charge in [-0.2, -0.15) is 0 Å². The summed E-state index contributed by atoms with van der Waals surface area (Å²) in [6.07, 6.45) is 1.41. The van der Waals surface area contributed by atoms with Crippen LogP contribution in [0.25, 0.3) is 6.08 Å². The fraction of sp³-hybridized carbons (Fsp3) is 0.217. The molecule has 0 fully saturated rings. The minimum atomic E-state index is -0.595. The van der Waals surface area contributed by atoms with Gasteiger partial charge in [-0.3, -0.25) is 9.69 Å². The first-order valence-electron chi connectivity index (χ1n) is 9.11. The number of esters is 1. The summed E-state index contributed by atoms with van der Waals surface area (Å²) in [6, 6.07) is 11.8. The number of halogens is 1. The van der Waals surface area contributed by atoms with Gasteiger partial charge in [-0.15, -0.1) is 0 Å². The minimum Gasteiger partial charge on any atom is -0.462 e. The molecule has 1 aliphatic heterocycles. The van der Waals surface area contributed by atoms with Gasteiger partial charge in [0.05, 0.1) is 17.8 Å². The third kappa shape index (κ3) is 3.48. The van der Waals surface area contributed by atoms with Crippen LogP contribution in [0.4, 0.5) is 10.1 Å². The Bertz CT molecular complexity index is 1020. The van der Waals surface area contributed by atoms with E-state index in [-0.39, 0.29) is 29.2 Å². The Hall–Kier alpha value is -3.21. The maximum atomic E-state index is 14.2. The molecule has 0 bridgehead atoms. The normalized spacial score (nSPS) is 15.5. The minimum absolute atomic E-state index is 0.124. The Balaban J connectivity index is 2.17. The Kier molecular flexibility index (Phi) is 5.45. The largest absolute Gasteiger partial charge is 0.462 e. The molecule has 0 N–H and O–H groups in total. The van der Waals surface area contributed by atoms with Crippen LogP contribution in [0.3, 0.4) is 0 Å². The molecule has 2 aromatic rings. The molecule has 28 heavy (non-hydrogen) atoms. The number of rotatable bonds is 4. The Morgan fingerprint density at radius 1 is 1.11 bits per heavy atom. The zero-order valence-electron chi connectivity index (χ0n) is 16.4. The molecular weight excluding hydrogens is 357 g/mol. The smallest absolute Gasteiger partial charge is 0.340 e. The number of carbonyl (C=O) groups excluding carboxylic acids is 2. The molecule has 2 aromatic carbocycles. The lowest BCUT2D eigenvalue weighted by atomic mass is 10.0. The van der Waals surface area contributed by atoms with E-state index in [0.717, 1.165) is 11.1 Å². The zero-order valence-corrected chi connectivity index (χ0v) is 16.4. The van der Waals surface area contributed by atoms with Gasteiger partial charge in [-0.1, -0.05) is 24.3 Å². The van der Waals surface area contributed by atoms with E-state index in [0.29, 0.717) is 11.4 Å². The predicted octanol–water partition coefficient (Wildman–Crippen LogP) is 4.71. The second kappa shape index (κ2) is 7.80. The van der Waals surface area contributed by atoms with Gasteiger partial charge in [0.1, 0.15) is 5.82 Å². The maximum absolute atomic E-state index is 14.2. The summed E-state index contributed by atoms with van der Waals surface area (Å²) in [6.45, 7) is 7.52. The predicted molar refractivity (Wildman–Crippen MR) is 107 cm³/mol. The van der Waals surface area contributed by atoms with Crippen LogP contribution in [0.1, 0.15) is 30.5 Å². The number of hydrogen-bond donors (Lipinski definition) is 0. The summed E-state index contributed by atoms with van der Waals surface area (Å²) in [5.41, 5.74) is 3.78. The van der Waals surface area contributed by atoms with Crippen molar-refractivity contribution >= 4 is 23.6 Å². The number of hydrogen-bond acceptors (Lipinski definition) is 3. The first-order chi connectivity index (χ1) is 13.3. The summed E-state index contributed by atoms with van der Waals surface area (Å²) in [5.74, 6) is -1.44. The molecule has 0 saturated heterocycles. The molecule has 1 amide bonds. The second-order valence-electron chi connectivity index (χ2n) is 6.67. The average Bonchev–Trinajstić information content (AvgIpc) is 2.90. The van der Waals surface area contributed by atoms with Crippen LogP contribution in [0, 0.1) is 19.7 Å². The van der Waals surface area contributed by atoms with Gasteiger partial charge in [0, 0.05) is 16.9 Å². The maximum Gasteiger partial charge on any atom is 0.340 e. The molecule has 0 saturated carbocycles. The van der Waals surface area contributed by atoms with E-state index in [2.05, 4.69) is 0 Å². The third-order valence-corrected chi connectivity index (χ3v) is 4.83. The number of aryl methyl sites for hydroxylation is 2. The molecule has 144 valence electrons. The number of amides is 1. The lowest BCUT2D eigenvalue weighted by molar-refractivity contribution is -0.138. The highest BCUT2D eigenvalue weighted by Crippen LogP contribution is 2.36. The fourth-order valence-electron chi connectivity index (χ4n) is 3.20. The van der Waals surface area contributed by atoms with Crippen molar-refractivity contribution in [1.29, 1.82) is 0 Å². The molecule has 0 atom stereocenters. The number of carbonyl (C=O) groups is 2. The van der Waals surface area contributed by atoms with Crippen molar-refractivity contribution < 1.29 is 18.7 Å². The molecule has 4 nitrogen and oxygen atoms in total. The van der Waals surface area contributed by atoms with Crippen molar-refractivity contribution in [2.75, 3.05) is 11.5 Å². The van der Waals surface area contributed by atoms with Crippen molar-refractivity contribution in [3.05, 3.63) is 81.8 Å². The van der Waals surface area contributed by atoms with E-state index in [9.17, 15) is 14.0 Å². The lowest BCUT2D eigenvalue weighted by Gasteiger charge is -2.19. The van der Waals surface area contributed by atoms with E-state index >= 15 is 0 Å². The van der Waals surface area contributed by atoms with Crippen LogP contribution in [0.5, 0.6) is 0 Å². The van der Waals surface area contributed by atoms with Gasteiger partial charge < -0.3 is 4.74 Å². The highest BCUT2D eigenvalue weighted by Gasteiger charge is 2.38. The standard InChI is InChI=1S/C23H22FNO3/c1-5-28-23(27)21-16(4)25(18-11-10-14(2)15(3)12-18)22(26)19(21)13-17-8-6-7-9-20(17)24/h6-13H,5H2,1-4H3/b19-13-. The number of anilines is 1. The fourth-order valence-corrected chi connectivity index (χ4v) is 3.20. The van der Waals surface area contributed by atoms with E-state index in [1.807, 2.05) is 32.0 Å². The van der Waals surface area contributed by atoms with Crippen molar-refractivity contribution in [2.24, 2.45) is 0 Å². The van der Waals surface area contributed by atoms with Crippen LogP contribution in [-0.4, -0.2) is 18.5 Å².